The largest absolute Gasteiger partial charge is 0.481 e. The summed E-state index contributed by atoms with van der Waals surface area (Å²) in [6.45, 7) is 17.2. The second kappa shape index (κ2) is 20.0. The highest BCUT2D eigenvalue weighted by molar-refractivity contribution is 5.92. The number of hydrogen-bond donors (Lipinski definition) is 8. The van der Waals surface area contributed by atoms with Gasteiger partial charge >= 0.3 is 5.97 Å². The second-order valence-electron chi connectivity index (χ2n) is 13.4. The van der Waals surface area contributed by atoms with Gasteiger partial charge < -0.3 is 41.9 Å². The van der Waals surface area contributed by atoms with Crippen molar-refractivity contribution in [3.63, 3.8) is 0 Å². The molecule has 8 N–H and O–H groups in total. The Hall–Kier alpha value is -3.26. The maximum Gasteiger partial charge on any atom is 0.306 e. The quantitative estimate of drug-likeness (QED) is 0.0920. The third-order valence-electron chi connectivity index (χ3n) is 7.14. The molecule has 0 aliphatic rings. The molecule has 0 bridgehead atoms. The van der Waals surface area contributed by atoms with Gasteiger partial charge in [-0.3, -0.25) is 28.8 Å². The molecule has 0 saturated carbocycles. The average Bonchev–Trinajstić information content (AvgIpc) is 2.87. The van der Waals surface area contributed by atoms with Crippen LogP contribution in [0.5, 0.6) is 0 Å². The minimum absolute atomic E-state index is 0.0185. The number of carbonyl (C=O) groups excluding carboxylic acids is 5. The van der Waals surface area contributed by atoms with E-state index in [1.165, 1.54) is 13.8 Å². The Bertz CT molecular complexity index is 1000. The summed E-state index contributed by atoms with van der Waals surface area (Å²) < 4.78 is 0. The molecule has 0 unspecified atom stereocenters. The smallest absolute Gasteiger partial charge is 0.306 e. The van der Waals surface area contributed by atoms with Crippen LogP contribution in [0.1, 0.15) is 94.9 Å². The fourth-order valence-electron chi connectivity index (χ4n) is 4.77. The minimum Gasteiger partial charge on any atom is -0.481 e. The molecule has 0 aromatic carbocycles. The highest BCUT2D eigenvalue weighted by atomic mass is 16.4. The zero-order valence-electron chi connectivity index (χ0n) is 28.5. The molecule has 14 nitrogen and oxygen atoms in total. The van der Waals surface area contributed by atoms with Crippen molar-refractivity contribution in [2.45, 2.75) is 137 Å². The first-order valence-electron chi connectivity index (χ1n) is 15.7. The van der Waals surface area contributed by atoms with E-state index in [0.717, 1.165) is 0 Å². The Morgan fingerprint density at radius 3 is 1.36 bits per heavy atom. The number of rotatable bonds is 20. The van der Waals surface area contributed by atoms with Gasteiger partial charge in [-0.25, -0.2) is 0 Å². The van der Waals surface area contributed by atoms with E-state index in [2.05, 4.69) is 26.6 Å². The number of carboxylic acid groups (broad SMARTS) is 1. The van der Waals surface area contributed by atoms with Gasteiger partial charge in [-0.1, -0.05) is 55.4 Å². The van der Waals surface area contributed by atoms with Crippen LogP contribution in [-0.2, 0) is 28.8 Å². The number of aliphatic hydroxyl groups excluding tert-OH is 2. The highest BCUT2D eigenvalue weighted by Gasteiger charge is 2.33. The van der Waals surface area contributed by atoms with E-state index < -0.39 is 84.9 Å². The van der Waals surface area contributed by atoms with E-state index >= 15 is 0 Å². The van der Waals surface area contributed by atoms with Gasteiger partial charge in [-0.2, -0.15) is 0 Å². The first kappa shape index (κ1) is 41.7. The molecule has 260 valence electrons. The van der Waals surface area contributed by atoms with Gasteiger partial charge in [0.1, 0.15) is 18.1 Å². The monoisotopic (exact) mass is 643 g/mol. The molecule has 0 spiro atoms. The van der Waals surface area contributed by atoms with Crippen LogP contribution in [0.2, 0.25) is 0 Å². The van der Waals surface area contributed by atoms with E-state index in [4.69, 9.17) is 5.11 Å². The summed E-state index contributed by atoms with van der Waals surface area (Å²) in [5, 5.41) is 43.5. The highest BCUT2D eigenvalue weighted by Crippen LogP contribution is 2.14. The van der Waals surface area contributed by atoms with Crippen molar-refractivity contribution in [3.8, 4) is 0 Å². The molecular formula is C31H57N5O9. The summed E-state index contributed by atoms with van der Waals surface area (Å²) in [5.74, 6) is -4.48. The fourth-order valence-corrected chi connectivity index (χ4v) is 4.77. The lowest BCUT2D eigenvalue weighted by molar-refractivity contribution is -0.140. The molecule has 0 radical (unpaired) electrons. The molecule has 45 heavy (non-hydrogen) atoms. The number of hydrogen-bond acceptors (Lipinski definition) is 8. The summed E-state index contributed by atoms with van der Waals surface area (Å²) in [7, 11) is 0. The predicted molar refractivity (Wildman–Crippen MR) is 168 cm³/mol. The normalized spacial score (nSPS) is 16.3. The van der Waals surface area contributed by atoms with Crippen molar-refractivity contribution in [2.75, 3.05) is 0 Å². The van der Waals surface area contributed by atoms with Gasteiger partial charge in [0.15, 0.2) is 0 Å². The molecule has 0 saturated heterocycles. The number of carboxylic acids is 1. The predicted octanol–water partition coefficient (Wildman–Crippen LogP) is 0.441. The Labute approximate surface area is 267 Å². The van der Waals surface area contributed by atoms with Crippen LogP contribution in [-0.4, -0.2) is 93.2 Å². The van der Waals surface area contributed by atoms with Crippen LogP contribution in [0.4, 0.5) is 0 Å². The van der Waals surface area contributed by atoms with Crippen LogP contribution in [0.15, 0.2) is 0 Å². The molecule has 14 heteroatoms. The molecule has 0 heterocycles. The number of aliphatic carboxylic acids is 1. The molecule has 0 aromatic heterocycles. The first-order valence-corrected chi connectivity index (χ1v) is 15.7. The van der Waals surface area contributed by atoms with Gasteiger partial charge in [-0.15, -0.1) is 0 Å². The van der Waals surface area contributed by atoms with Gasteiger partial charge in [0, 0.05) is 6.92 Å². The molecule has 0 rings (SSSR count). The van der Waals surface area contributed by atoms with Gasteiger partial charge in [0.25, 0.3) is 0 Å². The van der Waals surface area contributed by atoms with E-state index in [1.807, 2.05) is 27.7 Å². The third-order valence-corrected chi connectivity index (χ3v) is 7.14. The average molecular weight is 644 g/mol. The van der Waals surface area contributed by atoms with E-state index in [0.29, 0.717) is 12.8 Å². The molecule has 0 aromatic rings. The van der Waals surface area contributed by atoms with E-state index in [-0.39, 0.29) is 29.6 Å². The number of amides is 5. The maximum atomic E-state index is 13.3. The molecule has 5 amide bonds. The lowest BCUT2D eigenvalue weighted by atomic mass is 9.95. The summed E-state index contributed by atoms with van der Waals surface area (Å²) >= 11 is 0. The molecule has 7 atom stereocenters. The van der Waals surface area contributed by atoms with Gasteiger partial charge in [-0.05, 0) is 43.4 Å². The Morgan fingerprint density at radius 2 is 0.956 bits per heavy atom. The van der Waals surface area contributed by atoms with Gasteiger partial charge in [0.05, 0.1) is 37.1 Å². The zero-order chi connectivity index (χ0) is 35.2. The molecule has 0 aliphatic carbocycles. The first-order chi connectivity index (χ1) is 20.7. The lowest BCUT2D eigenvalue weighted by Gasteiger charge is -2.31. The molecule has 0 aliphatic heterocycles. The summed E-state index contributed by atoms with van der Waals surface area (Å²) in [6.07, 6.45) is -3.01. The van der Waals surface area contributed by atoms with Crippen LogP contribution >= 0.6 is 0 Å². The van der Waals surface area contributed by atoms with Crippen molar-refractivity contribution in [1.82, 2.24) is 26.6 Å². The SMILES string of the molecule is CC(=O)N[C@H](C(=O)N[C@H](C(=O)N[C@@H](CC(C)C)[C@@H](O)CC(=O)N[C@@H](C)C(=O)N[C@H](CC(C)C)[C@@H](O)CC(=O)O)C(C)C)C(C)C. The van der Waals surface area contributed by atoms with Crippen molar-refractivity contribution in [2.24, 2.45) is 23.7 Å². The van der Waals surface area contributed by atoms with Crippen LogP contribution in [0, 0.1) is 23.7 Å². The van der Waals surface area contributed by atoms with Crippen molar-refractivity contribution in [1.29, 1.82) is 0 Å². The van der Waals surface area contributed by atoms with Crippen molar-refractivity contribution >= 4 is 35.5 Å². The molecular weight excluding hydrogens is 586 g/mol. The maximum absolute atomic E-state index is 13.3. The zero-order valence-corrected chi connectivity index (χ0v) is 28.5. The van der Waals surface area contributed by atoms with Gasteiger partial charge in [0.2, 0.25) is 29.5 Å². The number of nitrogens with one attached hydrogen (secondary N) is 5. The molecule has 0 fully saturated rings. The fraction of sp³-hybridized carbons (Fsp3) is 0.806. The number of carbonyl (C=O) groups is 6. The topological polar surface area (TPSA) is 223 Å². The minimum atomic E-state index is -1.33. The van der Waals surface area contributed by atoms with Crippen molar-refractivity contribution < 1.29 is 44.1 Å². The van der Waals surface area contributed by atoms with E-state index in [1.54, 1.807) is 27.7 Å². The Kier molecular flexibility index (Phi) is 18.5. The standard InChI is InChI=1S/C31H57N5O9/c1-15(2)11-21(35-30(44)28(18(7)8)36-31(45)27(17(5)6)33-20(10)37)23(38)13-25(40)32-19(9)29(43)34-22(12-16(3)4)24(39)14-26(41)42/h15-19,21-24,27-28,38-39H,11-14H2,1-10H3,(H,32,40)(H,33,37)(H,34,43)(H,35,44)(H,36,45)(H,41,42)/t19-,21-,22+,23-,24-,27-,28-/m0/s1. The Balaban J connectivity index is 5.54. The third kappa shape index (κ3) is 16.6. The lowest BCUT2D eigenvalue weighted by Crippen LogP contribution is -2.59. The van der Waals surface area contributed by atoms with Crippen LogP contribution < -0.4 is 26.6 Å². The second-order valence-corrected chi connectivity index (χ2v) is 13.4. The van der Waals surface area contributed by atoms with Crippen molar-refractivity contribution in [3.05, 3.63) is 0 Å². The van der Waals surface area contributed by atoms with E-state index in [9.17, 15) is 39.0 Å². The van der Waals surface area contributed by atoms with Crippen LogP contribution in [0.3, 0.4) is 0 Å². The number of aliphatic hydroxyl groups is 2. The van der Waals surface area contributed by atoms with Crippen LogP contribution in [0.25, 0.3) is 0 Å². The Morgan fingerprint density at radius 1 is 0.556 bits per heavy atom. The summed E-state index contributed by atoms with van der Waals surface area (Å²) in [5.41, 5.74) is 0. The summed E-state index contributed by atoms with van der Waals surface area (Å²) in [6, 6.07) is -4.59. The summed E-state index contributed by atoms with van der Waals surface area (Å²) in [4.78, 5) is 74.6.